The van der Waals surface area contributed by atoms with E-state index < -0.39 is 6.17 Å². The lowest BCUT2D eigenvalue weighted by Gasteiger charge is -2.41. The highest BCUT2D eigenvalue weighted by Crippen LogP contribution is 2.18. The summed E-state index contributed by atoms with van der Waals surface area (Å²) >= 11 is 0. The van der Waals surface area contributed by atoms with E-state index in [1.165, 1.54) is 0 Å². The second-order valence-corrected chi connectivity index (χ2v) is 4.10. The Hall–Kier alpha value is -0.150. The molecule has 2 atom stereocenters. The lowest BCUT2D eigenvalue weighted by molar-refractivity contribution is -0.0247. The maximum absolute atomic E-state index is 12.7. The van der Waals surface area contributed by atoms with Crippen molar-refractivity contribution >= 4 is 0 Å². The van der Waals surface area contributed by atoms with Crippen LogP contribution in [0.15, 0.2) is 0 Å². The second kappa shape index (κ2) is 4.91. The molecule has 1 fully saturated rings. The summed E-state index contributed by atoms with van der Waals surface area (Å²) in [4.78, 5) is 2.16. The summed E-state index contributed by atoms with van der Waals surface area (Å²) in [5, 5.41) is 0. The summed E-state index contributed by atoms with van der Waals surface area (Å²) in [5.41, 5.74) is 0. The molecule has 2 unspecified atom stereocenters. The highest BCUT2D eigenvalue weighted by Gasteiger charge is 2.28. The molecule has 0 bridgehead atoms. The molecule has 3 heteroatoms. The minimum Gasteiger partial charge on any atom is -0.377 e. The third-order valence-electron chi connectivity index (χ3n) is 2.37. The van der Waals surface area contributed by atoms with Gasteiger partial charge in [0, 0.05) is 19.1 Å². The van der Waals surface area contributed by atoms with Crippen LogP contribution in [0.5, 0.6) is 0 Å². The van der Waals surface area contributed by atoms with E-state index in [-0.39, 0.29) is 6.10 Å². The smallest absolute Gasteiger partial charge is 0.110 e. The fourth-order valence-corrected chi connectivity index (χ4v) is 1.55. The van der Waals surface area contributed by atoms with E-state index >= 15 is 0 Å². The summed E-state index contributed by atoms with van der Waals surface area (Å²) in [6.07, 6.45) is 0.714. The molecule has 2 nitrogen and oxygen atoms in total. The van der Waals surface area contributed by atoms with Gasteiger partial charge in [-0.3, -0.25) is 4.90 Å². The number of likely N-dealkylation sites (tertiary alicyclic amines) is 1. The molecule has 0 aromatic carbocycles. The Balaban J connectivity index is 2.13. The Kier molecular flexibility index (Phi) is 4.13. The Morgan fingerprint density at radius 3 is 2.54 bits per heavy atom. The molecule has 13 heavy (non-hydrogen) atoms. The van der Waals surface area contributed by atoms with Gasteiger partial charge in [-0.05, 0) is 27.2 Å². The van der Waals surface area contributed by atoms with Crippen molar-refractivity contribution < 1.29 is 9.13 Å². The van der Waals surface area contributed by atoms with E-state index in [1.807, 2.05) is 13.8 Å². The van der Waals surface area contributed by atoms with Crippen molar-refractivity contribution in [3.8, 4) is 0 Å². The summed E-state index contributed by atoms with van der Waals surface area (Å²) in [7, 11) is 0. The van der Waals surface area contributed by atoms with Crippen molar-refractivity contribution in [2.75, 3.05) is 19.7 Å². The van der Waals surface area contributed by atoms with Crippen molar-refractivity contribution in [3.05, 3.63) is 0 Å². The molecule has 1 aliphatic heterocycles. The van der Waals surface area contributed by atoms with Crippen LogP contribution in [0.1, 0.15) is 27.2 Å². The van der Waals surface area contributed by atoms with E-state index in [4.69, 9.17) is 4.74 Å². The number of nitrogens with zero attached hydrogens (tertiary/aromatic N) is 1. The van der Waals surface area contributed by atoms with Gasteiger partial charge in [0.2, 0.25) is 0 Å². The Morgan fingerprint density at radius 2 is 2.15 bits per heavy atom. The molecular weight excluding hydrogens is 169 g/mol. The van der Waals surface area contributed by atoms with Gasteiger partial charge < -0.3 is 4.74 Å². The first kappa shape index (κ1) is 10.9. The fraction of sp³-hybridized carbons (Fsp3) is 1.00. The number of ether oxygens (including phenoxy) is 1. The highest BCUT2D eigenvalue weighted by atomic mass is 19.1. The van der Waals surface area contributed by atoms with Gasteiger partial charge in [0.05, 0.1) is 12.7 Å². The van der Waals surface area contributed by atoms with E-state index in [1.54, 1.807) is 6.92 Å². The van der Waals surface area contributed by atoms with Crippen LogP contribution in [0, 0.1) is 0 Å². The molecule has 1 rings (SSSR count). The van der Waals surface area contributed by atoms with Crippen molar-refractivity contribution in [2.45, 2.75) is 45.5 Å². The maximum atomic E-state index is 12.7. The molecule has 1 aliphatic rings. The zero-order chi connectivity index (χ0) is 9.84. The molecule has 0 N–H and O–H groups in total. The Bertz CT molecular complexity index is 150. The number of halogens is 1. The summed E-state index contributed by atoms with van der Waals surface area (Å²) < 4.78 is 18.2. The van der Waals surface area contributed by atoms with Crippen LogP contribution in [0.2, 0.25) is 0 Å². The molecule has 78 valence electrons. The number of rotatable bonds is 5. The van der Waals surface area contributed by atoms with E-state index in [0.717, 1.165) is 19.6 Å². The normalized spacial score (nSPS) is 26.1. The average molecular weight is 189 g/mol. The molecule has 1 heterocycles. The molecule has 0 radical (unpaired) electrons. The SMILES string of the molecule is CC(F)CN1CCC1COC(C)C. The molecular formula is C10H20FNO. The zero-order valence-electron chi connectivity index (χ0n) is 8.79. The van der Waals surface area contributed by atoms with Gasteiger partial charge in [-0.1, -0.05) is 0 Å². The monoisotopic (exact) mass is 189 g/mol. The molecule has 0 aromatic heterocycles. The zero-order valence-corrected chi connectivity index (χ0v) is 8.79. The number of hydrogen-bond acceptors (Lipinski definition) is 2. The molecule has 1 saturated heterocycles. The van der Waals surface area contributed by atoms with E-state index in [2.05, 4.69) is 4.90 Å². The fourth-order valence-electron chi connectivity index (χ4n) is 1.55. The van der Waals surface area contributed by atoms with Crippen molar-refractivity contribution in [3.63, 3.8) is 0 Å². The minimum absolute atomic E-state index is 0.283. The Morgan fingerprint density at radius 1 is 1.46 bits per heavy atom. The number of alkyl halides is 1. The third kappa shape index (κ3) is 3.61. The van der Waals surface area contributed by atoms with Crippen LogP contribution >= 0.6 is 0 Å². The molecule has 0 saturated carbocycles. The van der Waals surface area contributed by atoms with Crippen molar-refractivity contribution in [1.82, 2.24) is 4.90 Å². The first-order valence-corrected chi connectivity index (χ1v) is 5.09. The third-order valence-corrected chi connectivity index (χ3v) is 2.37. The summed E-state index contributed by atoms with van der Waals surface area (Å²) in [5.74, 6) is 0. The van der Waals surface area contributed by atoms with Crippen LogP contribution in [0.25, 0.3) is 0 Å². The van der Waals surface area contributed by atoms with Gasteiger partial charge in [0.1, 0.15) is 6.17 Å². The van der Waals surface area contributed by atoms with Gasteiger partial charge in [0.25, 0.3) is 0 Å². The number of hydrogen-bond donors (Lipinski definition) is 0. The minimum atomic E-state index is -0.721. The first-order chi connectivity index (χ1) is 6.09. The van der Waals surface area contributed by atoms with Crippen molar-refractivity contribution in [2.24, 2.45) is 0 Å². The first-order valence-electron chi connectivity index (χ1n) is 5.09. The molecule has 0 aliphatic carbocycles. The van der Waals surface area contributed by atoms with Crippen LogP contribution in [-0.4, -0.2) is 42.9 Å². The van der Waals surface area contributed by atoms with E-state index in [9.17, 15) is 4.39 Å². The van der Waals surface area contributed by atoms with Gasteiger partial charge in [0.15, 0.2) is 0 Å². The standard InChI is InChI=1S/C10H20FNO/c1-8(2)13-7-10-4-5-12(10)6-9(3)11/h8-10H,4-7H2,1-3H3. The van der Waals surface area contributed by atoms with Gasteiger partial charge in [-0.25, -0.2) is 4.39 Å². The van der Waals surface area contributed by atoms with E-state index in [0.29, 0.717) is 12.6 Å². The van der Waals surface area contributed by atoms with Crippen LogP contribution in [-0.2, 0) is 4.74 Å². The van der Waals surface area contributed by atoms with Crippen LogP contribution in [0.4, 0.5) is 4.39 Å². The molecule has 0 spiro atoms. The predicted octanol–water partition coefficient (Wildman–Crippen LogP) is 1.84. The topological polar surface area (TPSA) is 12.5 Å². The molecule has 0 amide bonds. The summed E-state index contributed by atoms with van der Waals surface area (Å²) in [6, 6.07) is 0.459. The van der Waals surface area contributed by atoms with Crippen LogP contribution in [0.3, 0.4) is 0 Å². The lowest BCUT2D eigenvalue weighted by atomic mass is 10.0. The van der Waals surface area contributed by atoms with Crippen LogP contribution < -0.4 is 0 Å². The quantitative estimate of drug-likeness (QED) is 0.654. The maximum Gasteiger partial charge on any atom is 0.110 e. The average Bonchev–Trinajstić information content (AvgIpc) is 1.98. The summed E-state index contributed by atoms with van der Waals surface area (Å²) in [6.45, 7) is 8.01. The van der Waals surface area contributed by atoms with Gasteiger partial charge in [-0.2, -0.15) is 0 Å². The van der Waals surface area contributed by atoms with Crippen molar-refractivity contribution in [1.29, 1.82) is 0 Å². The van der Waals surface area contributed by atoms with Gasteiger partial charge >= 0.3 is 0 Å². The second-order valence-electron chi connectivity index (χ2n) is 4.10. The predicted molar refractivity (Wildman–Crippen MR) is 51.6 cm³/mol. The lowest BCUT2D eigenvalue weighted by Crippen LogP contribution is -2.52. The largest absolute Gasteiger partial charge is 0.377 e. The highest BCUT2D eigenvalue weighted by molar-refractivity contribution is 4.83. The Labute approximate surface area is 80.1 Å². The van der Waals surface area contributed by atoms with Gasteiger partial charge in [-0.15, -0.1) is 0 Å². The molecule has 0 aromatic rings.